The minimum atomic E-state index is -0.828. The topological polar surface area (TPSA) is 61.1 Å². The fraction of sp³-hybridized carbons (Fsp3) is 0.571. The first kappa shape index (κ1) is 13.5. The summed E-state index contributed by atoms with van der Waals surface area (Å²) >= 11 is 0. The van der Waals surface area contributed by atoms with Gasteiger partial charge in [-0.1, -0.05) is 25.2 Å². The first-order valence-electron chi connectivity index (χ1n) is 6.18. The van der Waals surface area contributed by atoms with Gasteiger partial charge in [0.15, 0.2) is 0 Å². The van der Waals surface area contributed by atoms with Crippen molar-refractivity contribution in [1.82, 2.24) is 0 Å². The van der Waals surface area contributed by atoms with Crippen molar-refractivity contribution >= 4 is 5.97 Å². The lowest BCUT2D eigenvalue weighted by Crippen LogP contribution is -2.19. The first-order valence-corrected chi connectivity index (χ1v) is 6.18. The molecule has 0 unspecified atom stereocenters. The first-order chi connectivity index (χ1) is 8.19. The Labute approximate surface area is 102 Å². The molecule has 0 amide bonds. The van der Waals surface area contributed by atoms with Crippen molar-refractivity contribution < 1.29 is 9.90 Å². The summed E-state index contributed by atoms with van der Waals surface area (Å²) in [5.41, 5.74) is 0.492. The molecule has 1 fully saturated rings. The van der Waals surface area contributed by atoms with Crippen molar-refractivity contribution in [2.75, 3.05) is 0 Å². The van der Waals surface area contributed by atoms with Crippen LogP contribution < -0.4 is 0 Å². The normalized spacial score (nSPS) is 25.8. The van der Waals surface area contributed by atoms with Crippen molar-refractivity contribution in [2.24, 2.45) is 11.8 Å². The van der Waals surface area contributed by atoms with Crippen molar-refractivity contribution in [3.63, 3.8) is 0 Å². The predicted molar refractivity (Wildman–Crippen MR) is 66.2 cm³/mol. The molecule has 1 saturated carbocycles. The molecule has 0 heterocycles. The Morgan fingerprint density at radius 2 is 2.06 bits per heavy atom. The van der Waals surface area contributed by atoms with E-state index in [2.05, 4.69) is 6.07 Å². The van der Waals surface area contributed by atoms with E-state index >= 15 is 0 Å². The number of carbonyl (C=O) groups is 1. The average molecular weight is 233 g/mol. The van der Waals surface area contributed by atoms with Gasteiger partial charge in [0, 0.05) is 11.5 Å². The summed E-state index contributed by atoms with van der Waals surface area (Å²) in [5.74, 6) is -0.600. The summed E-state index contributed by atoms with van der Waals surface area (Å²) in [6.45, 7) is 2.02. The maximum absolute atomic E-state index is 11.2. The second-order valence-electron chi connectivity index (χ2n) is 4.44. The van der Waals surface area contributed by atoms with Crippen LogP contribution in [0, 0.1) is 23.2 Å². The predicted octanol–water partition coefficient (Wildman–Crippen LogP) is 3.29. The minimum Gasteiger partial charge on any atom is -0.478 e. The molecule has 0 aromatic rings. The van der Waals surface area contributed by atoms with E-state index in [0.29, 0.717) is 5.57 Å². The molecule has 0 spiro atoms. The summed E-state index contributed by atoms with van der Waals surface area (Å²) in [6, 6.07) is 2.26. The second kappa shape index (κ2) is 6.90. The highest BCUT2D eigenvalue weighted by Gasteiger charge is 2.26. The van der Waals surface area contributed by atoms with E-state index in [9.17, 15) is 9.90 Å². The molecule has 0 radical (unpaired) electrons. The minimum absolute atomic E-state index is 0.110. The van der Waals surface area contributed by atoms with Crippen LogP contribution in [0.4, 0.5) is 0 Å². The van der Waals surface area contributed by atoms with E-state index in [-0.39, 0.29) is 11.8 Å². The fourth-order valence-electron chi connectivity index (χ4n) is 2.22. The van der Waals surface area contributed by atoms with Crippen LogP contribution >= 0.6 is 0 Å². The van der Waals surface area contributed by atoms with Crippen LogP contribution in [0.2, 0.25) is 0 Å². The number of rotatable bonds is 4. The van der Waals surface area contributed by atoms with Gasteiger partial charge < -0.3 is 5.11 Å². The number of hydrogen-bond donors (Lipinski definition) is 1. The maximum Gasteiger partial charge on any atom is 0.331 e. The average Bonchev–Trinajstić information content (AvgIpc) is 2.34. The Kier molecular flexibility index (Phi) is 5.48. The van der Waals surface area contributed by atoms with Gasteiger partial charge in [0.1, 0.15) is 0 Å². The summed E-state index contributed by atoms with van der Waals surface area (Å²) in [4.78, 5) is 11.2. The molecular weight excluding hydrogens is 214 g/mol. The zero-order chi connectivity index (χ0) is 12.7. The molecule has 1 N–H and O–H groups in total. The van der Waals surface area contributed by atoms with Crippen LogP contribution in [0.1, 0.15) is 39.0 Å². The molecule has 1 aliphatic rings. The van der Waals surface area contributed by atoms with Crippen LogP contribution in [0.5, 0.6) is 0 Å². The van der Waals surface area contributed by atoms with E-state index < -0.39 is 5.97 Å². The Hall–Kier alpha value is -1.56. The Bertz CT molecular complexity index is 355. The fourth-order valence-corrected chi connectivity index (χ4v) is 2.22. The lowest BCUT2D eigenvalue weighted by atomic mass is 9.79. The number of nitriles is 1. The molecule has 0 aromatic heterocycles. The summed E-state index contributed by atoms with van der Waals surface area (Å²) in [5, 5.41) is 18.0. The quantitative estimate of drug-likeness (QED) is 0.598. The molecule has 0 aliphatic heterocycles. The summed E-state index contributed by atoms with van der Waals surface area (Å²) in [6.07, 6.45) is 9.66. The zero-order valence-corrected chi connectivity index (χ0v) is 10.2. The van der Waals surface area contributed by atoms with Crippen LogP contribution in [0.25, 0.3) is 0 Å². The molecule has 0 atom stereocenters. The highest BCUT2D eigenvalue weighted by molar-refractivity contribution is 5.87. The van der Waals surface area contributed by atoms with Crippen LogP contribution in [-0.2, 0) is 4.79 Å². The Morgan fingerprint density at radius 3 is 2.53 bits per heavy atom. The third-order valence-electron chi connectivity index (χ3n) is 3.24. The summed E-state index contributed by atoms with van der Waals surface area (Å²) < 4.78 is 0. The highest BCUT2D eigenvalue weighted by Crippen LogP contribution is 2.33. The van der Waals surface area contributed by atoms with Crippen molar-refractivity contribution in [3.05, 3.63) is 23.8 Å². The van der Waals surface area contributed by atoms with Crippen LogP contribution in [0.3, 0.4) is 0 Å². The van der Waals surface area contributed by atoms with E-state index in [0.717, 1.165) is 32.1 Å². The van der Waals surface area contributed by atoms with Gasteiger partial charge in [0.05, 0.1) is 6.07 Å². The van der Waals surface area contributed by atoms with Crippen molar-refractivity contribution in [1.29, 1.82) is 5.26 Å². The molecule has 1 aliphatic carbocycles. The number of aliphatic carboxylic acids is 1. The largest absolute Gasteiger partial charge is 0.478 e. The zero-order valence-electron chi connectivity index (χ0n) is 10.2. The molecule has 0 saturated heterocycles. The molecule has 3 nitrogen and oxygen atoms in total. The molecule has 17 heavy (non-hydrogen) atoms. The van der Waals surface area contributed by atoms with E-state index in [1.807, 2.05) is 19.1 Å². The van der Waals surface area contributed by atoms with E-state index in [1.54, 1.807) is 6.08 Å². The van der Waals surface area contributed by atoms with Gasteiger partial charge in [0.25, 0.3) is 0 Å². The number of nitrogens with zero attached hydrogens (tertiary/aromatic N) is 1. The molecule has 3 heteroatoms. The van der Waals surface area contributed by atoms with Crippen LogP contribution in [0.15, 0.2) is 23.8 Å². The van der Waals surface area contributed by atoms with Gasteiger partial charge in [-0.25, -0.2) is 4.79 Å². The lowest BCUT2D eigenvalue weighted by molar-refractivity contribution is -0.133. The van der Waals surface area contributed by atoms with Gasteiger partial charge in [-0.2, -0.15) is 5.26 Å². The molecular formula is C14H19NO2. The van der Waals surface area contributed by atoms with Gasteiger partial charge in [-0.15, -0.1) is 0 Å². The smallest absolute Gasteiger partial charge is 0.331 e. The highest BCUT2D eigenvalue weighted by atomic mass is 16.4. The third-order valence-corrected chi connectivity index (χ3v) is 3.24. The molecule has 92 valence electrons. The number of carboxylic acid groups (broad SMARTS) is 1. The van der Waals surface area contributed by atoms with Crippen molar-refractivity contribution in [3.8, 4) is 6.07 Å². The molecule has 1 rings (SSSR count). The summed E-state index contributed by atoms with van der Waals surface area (Å²) in [7, 11) is 0. The standard InChI is InChI=1S/C14H19NO2/c1-2-3-4-5-13(14(16)17)12-8-6-11(10-15)7-9-12/h3-5,11-12H,2,6-9H2,1H3,(H,16,17)/t11-,12-. The maximum atomic E-state index is 11.2. The second-order valence-corrected chi connectivity index (χ2v) is 4.44. The van der Waals surface area contributed by atoms with Gasteiger partial charge in [-0.05, 0) is 38.0 Å². The SMILES string of the molecule is CCC=CC=C(C(=O)O)[C@H]1CC[C@H](C#N)CC1. The van der Waals surface area contributed by atoms with E-state index in [1.165, 1.54) is 0 Å². The van der Waals surface area contributed by atoms with Gasteiger partial charge in [-0.3, -0.25) is 0 Å². The van der Waals surface area contributed by atoms with Crippen molar-refractivity contribution in [2.45, 2.75) is 39.0 Å². The Balaban J connectivity index is 2.67. The number of allylic oxidation sites excluding steroid dienone is 3. The lowest BCUT2D eigenvalue weighted by Gasteiger charge is -2.25. The molecule has 0 bridgehead atoms. The Morgan fingerprint density at radius 1 is 1.41 bits per heavy atom. The number of hydrogen-bond acceptors (Lipinski definition) is 2. The monoisotopic (exact) mass is 233 g/mol. The van der Waals surface area contributed by atoms with Gasteiger partial charge in [0.2, 0.25) is 0 Å². The third kappa shape index (κ3) is 4.07. The molecule has 0 aromatic carbocycles. The van der Waals surface area contributed by atoms with Gasteiger partial charge >= 0.3 is 5.97 Å². The number of carboxylic acids is 1. The van der Waals surface area contributed by atoms with E-state index in [4.69, 9.17) is 5.26 Å². The van der Waals surface area contributed by atoms with Crippen LogP contribution in [-0.4, -0.2) is 11.1 Å².